The third-order valence-electron chi connectivity index (χ3n) is 3.35. The average molecular weight is 243 g/mol. The summed E-state index contributed by atoms with van der Waals surface area (Å²) in [6.45, 7) is 3.55. The van der Waals surface area contributed by atoms with E-state index in [1.54, 1.807) is 12.0 Å². The molecule has 5 nitrogen and oxygen atoms in total. The number of nitrogens with zero attached hydrogens (tertiary/aromatic N) is 2. The molecule has 17 heavy (non-hydrogen) atoms. The molecule has 0 aromatic carbocycles. The molecule has 2 N–H and O–H groups in total. The molecule has 0 aromatic rings. The lowest BCUT2D eigenvalue weighted by molar-refractivity contribution is -0.132. The van der Waals surface area contributed by atoms with Crippen molar-refractivity contribution in [3.8, 4) is 0 Å². The Bertz CT molecular complexity index is 248. The lowest BCUT2D eigenvalue weighted by atomic mass is 10.1. The topological polar surface area (TPSA) is 58.8 Å². The van der Waals surface area contributed by atoms with Gasteiger partial charge in [-0.25, -0.2) is 0 Å². The van der Waals surface area contributed by atoms with Crippen LogP contribution in [-0.2, 0) is 9.53 Å². The number of carbonyl (C=O) groups is 1. The normalized spacial score (nSPS) is 22.7. The van der Waals surface area contributed by atoms with Crippen molar-refractivity contribution in [1.82, 2.24) is 9.80 Å². The Morgan fingerprint density at radius 3 is 2.88 bits per heavy atom. The number of hydrogen-bond donors (Lipinski definition) is 1. The molecule has 1 amide bonds. The van der Waals surface area contributed by atoms with E-state index < -0.39 is 6.04 Å². The molecule has 0 aliphatic carbocycles. The molecule has 0 radical (unpaired) electrons. The molecule has 1 aliphatic heterocycles. The number of methoxy groups -OCH3 is 1. The highest BCUT2D eigenvalue weighted by molar-refractivity contribution is 5.81. The van der Waals surface area contributed by atoms with Crippen LogP contribution >= 0.6 is 0 Å². The van der Waals surface area contributed by atoms with Crippen LogP contribution in [0.3, 0.4) is 0 Å². The highest BCUT2D eigenvalue weighted by Gasteiger charge is 2.24. The van der Waals surface area contributed by atoms with E-state index in [4.69, 9.17) is 10.5 Å². The van der Waals surface area contributed by atoms with E-state index in [1.165, 1.54) is 6.42 Å². The van der Waals surface area contributed by atoms with Gasteiger partial charge in [-0.2, -0.15) is 0 Å². The Balaban J connectivity index is 2.30. The van der Waals surface area contributed by atoms with Gasteiger partial charge in [0.2, 0.25) is 5.91 Å². The summed E-state index contributed by atoms with van der Waals surface area (Å²) in [5.41, 5.74) is 5.82. The number of hydrogen-bond acceptors (Lipinski definition) is 4. The molecule has 5 heteroatoms. The fraction of sp³-hybridized carbons (Fsp3) is 0.917. The van der Waals surface area contributed by atoms with Gasteiger partial charge in [-0.1, -0.05) is 0 Å². The zero-order chi connectivity index (χ0) is 12.8. The van der Waals surface area contributed by atoms with Gasteiger partial charge < -0.3 is 20.3 Å². The molecule has 0 spiro atoms. The summed E-state index contributed by atoms with van der Waals surface area (Å²) in [6, 6.07) is -0.431. The minimum Gasteiger partial charge on any atom is -0.385 e. The first-order valence-electron chi connectivity index (χ1n) is 6.22. The zero-order valence-corrected chi connectivity index (χ0v) is 11.2. The molecule has 1 saturated heterocycles. The van der Waals surface area contributed by atoms with E-state index in [-0.39, 0.29) is 5.91 Å². The molecule has 1 rings (SSSR count). The molecule has 1 aliphatic rings. The van der Waals surface area contributed by atoms with Gasteiger partial charge >= 0.3 is 0 Å². The predicted molar refractivity (Wildman–Crippen MR) is 67.7 cm³/mol. The van der Waals surface area contributed by atoms with Crippen molar-refractivity contribution in [1.29, 1.82) is 0 Å². The monoisotopic (exact) mass is 243 g/mol. The summed E-state index contributed by atoms with van der Waals surface area (Å²) in [7, 11) is 5.58. The summed E-state index contributed by atoms with van der Waals surface area (Å²) < 4.78 is 4.93. The fourth-order valence-electron chi connectivity index (χ4n) is 2.30. The van der Waals surface area contributed by atoms with Gasteiger partial charge in [0, 0.05) is 33.9 Å². The standard InChI is InChI=1S/C12H25N3O2/c1-14-6-4-10(8-14)9-15(2)12(16)11(13)5-7-17-3/h10-11H,4-9,13H2,1-3H3. The van der Waals surface area contributed by atoms with E-state index in [2.05, 4.69) is 11.9 Å². The van der Waals surface area contributed by atoms with Crippen molar-refractivity contribution in [2.45, 2.75) is 18.9 Å². The summed E-state index contributed by atoms with van der Waals surface area (Å²) in [5.74, 6) is 0.611. The van der Waals surface area contributed by atoms with Crippen LogP contribution in [-0.4, -0.2) is 69.2 Å². The third kappa shape index (κ3) is 4.61. The average Bonchev–Trinajstić information content (AvgIpc) is 2.70. The Hall–Kier alpha value is -0.650. The molecule has 2 unspecified atom stereocenters. The molecule has 1 heterocycles. The highest BCUT2D eigenvalue weighted by atomic mass is 16.5. The van der Waals surface area contributed by atoms with Crippen LogP contribution in [0.1, 0.15) is 12.8 Å². The number of amides is 1. The Kier molecular flexibility index (Phi) is 5.88. The molecule has 100 valence electrons. The van der Waals surface area contributed by atoms with Gasteiger partial charge in [-0.3, -0.25) is 4.79 Å². The van der Waals surface area contributed by atoms with Crippen molar-refractivity contribution >= 4 is 5.91 Å². The van der Waals surface area contributed by atoms with Gasteiger partial charge in [0.05, 0.1) is 6.04 Å². The van der Waals surface area contributed by atoms with Crippen molar-refractivity contribution < 1.29 is 9.53 Å². The molecule has 0 saturated carbocycles. The van der Waals surface area contributed by atoms with Crippen molar-refractivity contribution in [2.75, 3.05) is 47.4 Å². The quantitative estimate of drug-likeness (QED) is 0.699. The smallest absolute Gasteiger partial charge is 0.239 e. The minimum atomic E-state index is -0.431. The second kappa shape index (κ2) is 6.93. The Morgan fingerprint density at radius 2 is 2.35 bits per heavy atom. The maximum atomic E-state index is 11.9. The summed E-state index contributed by atoms with van der Waals surface area (Å²) in [5, 5.41) is 0. The zero-order valence-electron chi connectivity index (χ0n) is 11.2. The van der Waals surface area contributed by atoms with E-state index >= 15 is 0 Å². The highest BCUT2D eigenvalue weighted by Crippen LogP contribution is 2.15. The number of likely N-dealkylation sites (tertiary alicyclic amines) is 1. The maximum Gasteiger partial charge on any atom is 0.239 e. The minimum absolute atomic E-state index is 0.0246. The summed E-state index contributed by atoms with van der Waals surface area (Å²) in [6.07, 6.45) is 1.76. The van der Waals surface area contributed by atoms with E-state index in [0.29, 0.717) is 18.9 Å². The van der Waals surface area contributed by atoms with Crippen molar-refractivity contribution in [2.24, 2.45) is 11.7 Å². The fourth-order valence-corrected chi connectivity index (χ4v) is 2.30. The number of ether oxygens (including phenoxy) is 1. The first-order chi connectivity index (χ1) is 8.04. The van der Waals surface area contributed by atoms with Crippen LogP contribution in [0.2, 0.25) is 0 Å². The maximum absolute atomic E-state index is 11.9. The molecule has 0 aromatic heterocycles. The number of likely N-dealkylation sites (N-methyl/N-ethyl adjacent to an activating group) is 1. The van der Waals surface area contributed by atoms with Crippen molar-refractivity contribution in [3.05, 3.63) is 0 Å². The van der Waals surface area contributed by atoms with Gasteiger partial charge in [0.25, 0.3) is 0 Å². The molecule has 0 bridgehead atoms. The number of carbonyl (C=O) groups excluding carboxylic acids is 1. The Morgan fingerprint density at radius 1 is 1.65 bits per heavy atom. The first-order valence-corrected chi connectivity index (χ1v) is 6.22. The van der Waals surface area contributed by atoms with Crippen LogP contribution < -0.4 is 5.73 Å². The van der Waals surface area contributed by atoms with Gasteiger partial charge in [0.15, 0.2) is 0 Å². The van der Waals surface area contributed by atoms with Gasteiger partial charge in [0.1, 0.15) is 0 Å². The lowest BCUT2D eigenvalue weighted by Crippen LogP contribution is -2.44. The third-order valence-corrected chi connectivity index (χ3v) is 3.35. The molecular formula is C12H25N3O2. The van der Waals surface area contributed by atoms with E-state index in [1.807, 2.05) is 7.05 Å². The summed E-state index contributed by atoms with van der Waals surface area (Å²) in [4.78, 5) is 16.0. The van der Waals surface area contributed by atoms with Gasteiger partial charge in [-0.15, -0.1) is 0 Å². The molecular weight excluding hydrogens is 218 g/mol. The number of rotatable bonds is 6. The van der Waals surface area contributed by atoms with Crippen LogP contribution in [0, 0.1) is 5.92 Å². The van der Waals surface area contributed by atoms with E-state index in [9.17, 15) is 4.79 Å². The van der Waals surface area contributed by atoms with Gasteiger partial charge in [-0.05, 0) is 32.4 Å². The lowest BCUT2D eigenvalue weighted by Gasteiger charge is -2.24. The Labute approximate surface area is 104 Å². The predicted octanol–water partition coefficient (Wildman–Crippen LogP) is -0.240. The largest absolute Gasteiger partial charge is 0.385 e. The second-order valence-electron chi connectivity index (χ2n) is 5.02. The SMILES string of the molecule is COCCC(N)C(=O)N(C)CC1CCN(C)C1. The first kappa shape index (κ1) is 14.4. The second-order valence-corrected chi connectivity index (χ2v) is 5.02. The molecule has 2 atom stereocenters. The molecule has 1 fully saturated rings. The van der Waals surface area contributed by atoms with Crippen LogP contribution in [0.15, 0.2) is 0 Å². The van der Waals surface area contributed by atoms with Crippen LogP contribution in [0.25, 0.3) is 0 Å². The number of nitrogens with two attached hydrogens (primary N) is 1. The van der Waals surface area contributed by atoms with Crippen molar-refractivity contribution in [3.63, 3.8) is 0 Å². The summed E-state index contributed by atoms with van der Waals surface area (Å²) >= 11 is 0. The van der Waals surface area contributed by atoms with Crippen LogP contribution in [0.4, 0.5) is 0 Å². The van der Waals surface area contributed by atoms with Crippen LogP contribution in [0.5, 0.6) is 0 Å². The van der Waals surface area contributed by atoms with E-state index in [0.717, 1.165) is 19.6 Å².